The molecule has 0 bridgehead atoms. The minimum atomic E-state index is -4.31. The number of rotatable bonds is 2. The normalized spacial score (nSPS) is 11.9. The zero-order valence-corrected chi connectivity index (χ0v) is 10.7. The molecule has 7 heteroatoms. The van der Waals surface area contributed by atoms with Gasteiger partial charge in [-0.15, -0.1) is 0 Å². The van der Waals surface area contributed by atoms with Crippen molar-refractivity contribution in [3.63, 3.8) is 0 Å². The number of hydrogen-bond donors (Lipinski definition) is 0. The predicted molar refractivity (Wildman–Crippen MR) is 69.2 cm³/mol. The first-order valence-corrected chi connectivity index (χ1v) is 6.40. The number of oxazole rings is 1. The van der Waals surface area contributed by atoms with E-state index in [4.69, 9.17) is 4.42 Å². The van der Waals surface area contributed by atoms with E-state index in [0.29, 0.717) is 17.0 Å². The van der Waals surface area contributed by atoms with Gasteiger partial charge in [0.2, 0.25) is 5.89 Å². The highest BCUT2D eigenvalue weighted by atomic mass is 32.2. The monoisotopic (exact) mass is 296 g/mol. The van der Waals surface area contributed by atoms with E-state index in [9.17, 15) is 13.2 Å². The summed E-state index contributed by atoms with van der Waals surface area (Å²) in [4.78, 5) is 8.16. The Kier molecular flexibility index (Phi) is 3.13. The van der Waals surface area contributed by atoms with E-state index >= 15 is 0 Å². The lowest BCUT2D eigenvalue weighted by molar-refractivity contribution is -0.0328. The summed E-state index contributed by atoms with van der Waals surface area (Å²) < 4.78 is 42.5. The van der Waals surface area contributed by atoms with Crippen molar-refractivity contribution in [1.82, 2.24) is 9.97 Å². The molecule has 1 aromatic carbocycles. The first-order chi connectivity index (χ1) is 9.51. The Morgan fingerprint density at radius 1 is 1.05 bits per heavy atom. The number of halogens is 3. The van der Waals surface area contributed by atoms with Gasteiger partial charge in [-0.25, -0.2) is 4.98 Å². The van der Waals surface area contributed by atoms with Crippen LogP contribution in [0.2, 0.25) is 0 Å². The van der Waals surface area contributed by atoms with Crippen molar-refractivity contribution in [3.8, 4) is 11.5 Å². The van der Waals surface area contributed by atoms with E-state index in [1.165, 1.54) is 18.2 Å². The Morgan fingerprint density at radius 2 is 1.80 bits per heavy atom. The number of aromatic nitrogens is 2. The lowest BCUT2D eigenvalue weighted by Crippen LogP contribution is -1.98. The lowest BCUT2D eigenvalue weighted by Gasteiger charge is -2.04. The van der Waals surface area contributed by atoms with E-state index in [0.717, 1.165) is 5.56 Å². The molecule has 0 spiro atoms. The molecule has 0 radical (unpaired) electrons. The zero-order chi connectivity index (χ0) is 14.2. The third-order valence-corrected chi connectivity index (χ3v) is 3.24. The first kappa shape index (κ1) is 13.0. The standard InChI is InChI=1S/C13H7F3N2OS/c14-13(15,16)20-9-1-2-11-10(7-9)18-12(19-11)8-3-5-17-6-4-8/h1-7H. The molecular weight excluding hydrogens is 289 g/mol. The van der Waals surface area contributed by atoms with E-state index in [1.807, 2.05) is 0 Å². The van der Waals surface area contributed by atoms with Gasteiger partial charge >= 0.3 is 5.51 Å². The average Bonchev–Trinajstić information content (AvgIpc) is 2.81. The molecule has 0 aliphatic heterocycles. The van der Waals surface area contributed by atoms with Crippen molar-refractivity contribution in [1.29, 1.82) is 0 Å². The molecule has 0 N–H and O–H groups in total. The van der Waals surface area contributed by atoms with Gasteiger partial charge in [0, 0.05) is 22.9 Å². The summed E-state index contributed by atoms with van der Waals surface area (Å²) in [6.45, 7) is 0. The van der Waals surface area contributed by atoms with Crippen LogP contribution in [0.1, 0.15) is 0 Å². The van der Waals surface area contributed by atoms with Gasteiger partial charge in [-0.1, -0.05) is 0 Å². The topological polar surface area (TPSA) is 38.9 Å². The summed E-state index contributed by atoms with van der Waals surface area (Å²) in [6.07, 6.45) is 3.18. The molecular formula is C13H7F3N2OS. The van der Waals surface area contributed by atoms with E-state index in [2.05, 4.69) is 9.97 Å². The summed E-state index contributed by atoms with van der Waals surface area (Å²) in [7, 11) is 0. The van der Waals surface area contributed by atoms with Gasteiger partial charge in [-0.2, -0.15) is 13.2 Å². The molecule has 0 unspecified atom stereocenters. The number of alkyl halides is 3. The molecule has 3 rings (SSSR count). The fraction of sp³-hybridized carbons (Fsp3) is 0.0769. The molecule has 2 aromatic heterocycles. The molecule has 0 atom stereocenters. The van der Waals surface area contributed by atoms with Crippen molar-refractivity contribution in [2.75, 3.05) is 0 Å². The van der Waals surface area contributed by atoms with Crippen LogP contribution in [0.3, 0.4) is 0 Å². The summed E-state index contributed by atoms with van der Waals surface area (Å²) >= 11 is -0.171. The number of pyridine rings is 1. The van der Waals surface area contributed by atoms with Crippen molar-refractivity contribution in [2.45, 2.75) is 10.4 Å². The summed E-state index contributed by atoms with van der Waals surface area (Å²) in [6, 6.07) is 7.65. The van der Waals surface area contributed by atoms with Gasteiger partial charge in [-0.3, -0.25) is 4.98 Å². The Hall–Kier alpha value is -2.02. The molecule has 0 saturated heterocycles. The van der Waals surface area contributed by atoms with Gasteiger partial charge in [0.25, 0.3) is 0 Å². The van der Waals surface area contributed by atoms with Crippen molar-refractivity contribution < 1.29 is 17.6 Å². The fourth-order valence-corrected chi connectivity index (χ4v) is 2.30. The molecule has 0 aliphatic carbocycles. The molecule has 0 saturated carbocycles. The highest BCUT2D eigenvalue weighted by molar-refractivity contribution is 8.00. The largest absolute Gasteiger partial charge is 0.446 e. The Balaban J connectivity index is 2.00. The van der Waals surface area contributed by atoms with Gasteiger partial charge < -0.3 is 4.42 Å². The molecule has 0 amide bonds. The predicted octanol–water partition coefficient (Wildman–Crippen LogP) is 4.50. The lowest BCUT2D eigenvalue weighted by atomic mass is 10.3. The minimum absolute atomic E-state index is 0.0829. The van der Waals surface area contributed by atoms with Crippen LogP contribution < -0.4 is 0 Å². The van der Waals surface area contributed by atoms with Crippen LogP contribution in [0.4, 0.5) is 13.2 Å². The van der Waals surface area contributed by atoms with Crippen molar-refractivity contribution in [2.24, 2.45) is 0 Å². The SMILES string of the molecule is FC(F)(F)Sc1ccc2oc(-c3ccncc3)nc2c1. The maximum atomic E-state index is 12.3. The van der Waals surface area contributed by atoms with Crippen LogP contribution in [0, 0.1) is 0 Å². The quantitative estimate of drug-likeness (QED) is 0.653. The van der Waals surface area contributed by atoms with Gasteiger partial charge in [0.1, 0.15) is 5.52 Å². The fourth-order valence-electron chi connectivity index (χ4n) is 1.72. The Morgan fingerprint density at radius 3 is 2.50 bits per heavy atom. The number of hydrogen-bond acceptors (Lipinski definition) is 4. The van der Waals surface area contributed by atoms with E-state index in [1.54, 1.807) is 24.5 Å². The Labute approximate surface area is 115 Å². The first-order valence-electron chi connectivity index (χ1n) is 5.58. The van der Waals surface area contributed by atoms with Crippen LogP contribution in [0.5, 0.6) is 0 Å². The molecule has 3 aromatic rings. The summed E-state index contributed by atoms with van der Waals surface area (Å²) in [5.74, 6) is 0.358. The maximum Gasteiger partial charge on any atom is 0.446 e. The molecule has 0 fully saturated rings. The maximum absolute atomic E-state index is 12.3. The Bertz CT molecular complexity index is 740. The third-order valence-electron chi connectivity index (χ3n) is 2.52. The number of nitrogens with zero attached hydrogens (tertiary/aromatic N) is 2. The number of fused-ring (bicyclic) bond motifs is 1. The highest BCUT2D eigenvalue weighted by Crippen LogP contribution is 2.38. The average molecular weight is 296 g/mol. The second-order valence-electron chi connectivity index (χ2n) is 3.93. The molecule has 2 heterocycles. The number of benzene rings is 1. The van der Waals surface area contributed by atoms with Gasteiger partial charge in [0.15, 0.2) is 5.58 Å². The van der Waals surface area contributed by atoms with Gasteiger partial charge in [-0.05, 0) is 42.1 Å². The molecule has 20 heavy (non-hydrogen) atoms. The van der Waals surface area contributed by atoms with Crippen LogP contribution in [0.25, 0.3) is 22.6 Å². The van der Waals surface area contributed by atoms with Crippen LogP contribution in [-0.2, 0) is 0 Å². The zero-order valence-electron chi connectivity index (χ0n) is 9.89. The third kappa shape index (κ3) is 2.77. The molecule has 102 valence electrons. The highest BCUT2D eigenvalue weighted by Gasteiger charge is 2.29. The number of thioether (sulfide) groups is 1. The van der Waals surface area contributed by atoms with Crippen LogP contribution in [-0.4, -0.2) is 15.5 Å². The molecule has 3 nitrogen and oxygen atoms in total. The second kappa shape index (κ2) is 4.82. The van der Waals surface area contributed by atoms with Crippen molar-refractivity contribution >= 4 is 22.9 Å². The minimum Gasteiger partial charge on any atom is -0.436 e. The van der Waals surface area contributed by atoms with Gasteiger partial charge in [0.05, 0.1) is 0 Å². The molecule has 0 aliphatic rings. The summed E-state index contributed by atoms with van der Waals surface area (Å²) in [5, 5.41) is 0. The van der Waals surface area contributed by atoms with Crippen LogP contribution in [0.15, 0.2) is 52.0 Å². The summed E-state index contributed by atoms with van der Waals surface area (Å²) in [5.41, 5.74) is -2.75. The van der Waals surface area contributed by atoms with E-state index in [-0.39, 0.29) is 16.7 Å². The van der Waals surface area contributed by atoms with E-state index < -0.39 is 5.51 Å². The van der Waals surface area contributed by atoms with Crippen molar-refractivity contribution in [3.05, 3.63) is 42.7 Å². The second-order valence-corrected chi connectivity index (χ2v) is 5.07. The van der Waals surface area contributed by atoms with Crippen LogP contribution >= 0.6 is 11.8 Å². The smallest absolute Gasteiger partial charge is 0.436 e.